The number of nitrogen functional groups attached to an aromatic ring is 1. The van der Waals surface area contributed by atoms with Crippen LogP contribution in [-0.4, -0.2) is 28.2 Å². The van der Waals surface area contributed by atoms with E-state index < -0.39 is 6.10 Å². The fraction of sp³-hybridized carbons (Fsp3) is 0.385. The summed E-state index contributed by atoms with van der Waals surface area (Å²) in [6.45, 7) is 3.19. The van der Waals surface area contributed by atoms with Crippen molar-refractivity contribution in [3.8, 4) is 0 Å². The van der Waals surface area contributed by atoms with Crippen LogP contribution in [0.2, 0.25) is 0 Å². The van der Waals surface area contributed by atoms with Crippen molar-refractivity contribution in [1.82, 2.24) is 9.97 Å². The summed E-state index contributed by atoms with van der Waals surface area (Å²) in [5.41, 5.74) is 6.61. The third-order valence-electron chi connectivity index (χ3n) is 2.63. The van der Waals surface area contributed by atoms with E-state index in [0.717, 1.165) is 5.56 Å². The first-order chi connectivity index (χ1) is 9.69. The van der Waals surface area contributed by atoms with Gasteiger partial charge in [0.05, 0.1) is 6.10 Å². The lowest BCUT2D eigenvalue weighted by Gasteiger charge is -2.12. The van der Waals surface area contributed by atoms with Gasteiger partial charge in [-0.25, -0.2) is 9.97 Å². The van der Waals surface area contributed by atoms with Gasteiger partial charge in [0, 0.05) is 19.2 Å². The first-order valence-electron chi connectivity index (χ1n) is 6.34. The van der Waals surface area contributed by atoms with E-state index >= 15 is 0 Å². The largest absolute Gasteiger partial charge is 0.387 e. The number of thiophene rings is 1. The first-order valence-corrected chi connectivity index (χ1v) is 7.28. The van der Waals surface area contributed by atoms with Crippen LogP contribution in [0.4, 0.5) is 11.6 Å². The van der Waals surface area contributed by atoms with Gasteiger partial charge in [0.25, 0.3) is 0 Å². The number of nitrogens with zero attached hydrogens (tertiary/aromatic N) is 2. The fourth-order valence-corrected chi connectivity index (χ4v) is 2.36. The minimum absolute atomic E-state index is 0.323. The molecule has 0 spiro atoms. The van der Waals surface area contributed by atoms with Gasteiger partial charge in [-0.3, -0.25) is 0 Å². The number of rotatable bonds is 7. The second kappa shape index (κ2) is 7.18. The molecule has 0 bridgehead atoms. The summed E-state index contributed by atoms with van der Waals surface area (Å²) in [6, 6.07) is 3.53. The molecule has 2 aromatic rings. The normalized spacial score (nSPS) is 12.3. The molecule has 20 heavy (non-hydrogen) atoms. The van der Waals surface area contributed by atoms with Gasteiger partial charge in [-0.15, -0.1) is 0 Å². The molecule has 0 radical (unpaired) electrons. The smallest absolute Gasteiger partial charge is 0.158 e. The van der Waals surface area contributed by atoms with Crippen LogP contribution in [0.15, 0.2) is 22.9 Å². The number of hydrogen-bond donors (Lipinski definition) is 3. The summed E-state index contributed by atoms with van der Waals surface area (Å²) in [7, 11) is 0. The zero-order valence-corrected chi connectivity index (χ0v) is 12.1. The zero-order chi connectivity index (χ0) is 14.4. The highest BCUT2D eigenvalue weighted by atomic mass is 32.1. The Morgan fingerprint density at radius 1 is 1.50 bits per heavy atom. The van der Waals surface area contributed by atoms with Gasteiger partial charge in [-0.05, 0) is 29.3 Å². The first kappa shape index (κ1) is 14.7. The zero-order valence-electron chi connectivity index (χ0n) is 11.2. The molecule has 0 aliphatic heterocycles. The van der Waals surface area contributed by atoms with Gasteiger partial charge in [0.2, 0.25) is 0 Å². The predicted octanol–water partition coefficient (Wildman–Crippen LogP) is 1.80. The molecule has 1 unspecified atom stereocenters. The van der Waals surface area contributed by atoms with E-state index in [2.05, 4.69) is 15.3 Å². The Kier molecular flexibility index (Phi) is 5.28. The number of nitrogens with one attached hydrogen (secondary N) is 1. The summed E-state index contributed by atoms with van der Waals surface area (Å²) in [6.07, 6.45) is -0.576. The third kappa shape index (κ3) is 4.16. The Balaban J connectivity index is 1.96. The van der Waals surface area contributed by atoms with Crippen LogP contribution >= 0.6 is 11.3 Å². The second-order valence-electron chi connectivity index (χ2n) is 4.18. The molecule has 0 saturated heterocycles. The SMILES string of the molecule is CCOCc1nc(N)cc(NCC(O)c2ccsc2)n1. The number of hydrogen-bond acceptors (Lipinski definition) is 7. The summed E-state index contributed by atoms with van der Waals surface area (Å²) in [4.78, 5) is 8.38. The van der Waals surface area contributed by atoms with Gasteiger partial charge in [-0.1, -0.05) is 0 Å². The number of aromatic nitrogens is 2. The molecule has 0 aliphatic rings. The summed E-state index contributed by atoms with van der Waals surface area (Å²) in [5, 5.41) is 16.9. The van der Waals surface area contributed by atoms with Gasteiger partial charge in [-0.2, -0.15) is 11.3 Å². The molecule has 108 valence electrons. The van der Waals surface area contributed by atoms with E-state index in [1.807, 2.05) is 23.8 Å². The topological polar surface area (TPSA) is 93.3 Å². The molecule has 2 aromatic heterocycles. The van der Waals surface area contributed by atoms with E-state index in [4.69, 9.17) is 10.5 Å². The van der Waals surface area contributed by atoms with Gasteiger partial charge < -0.3 is 20.9 Å². The van der Waals surface area contributed by atoms with E-state index in [1.54, 1.807) is 17.4 Å². The van der Waals surface area contributed by atoms with Crippen molar-refractivity contribution in [2.45, 2.75) is 19.6 Å². The lowest BCUT2D eigenvalue weighted by molar-refractivity contribution is 0.128. The minimum atomic E-state index is -0.576. The molecule has 2 rings (SSSR count). The maximum Gasteiger partial charge on any atom is 0.158 e. The van der Waals surface area contributed by atoms with Crippen molar-refractivity contribution < 1.29 is 9.84 Å². The average molecular weight is 294 g/mol. The molecule has 2 heterocycles. The van der Waals surface area contributed by atoms with Crippen molar-refractivity contribution in [2.24, 2.45) is 0 Å². The second-order valence-corrected chi connectivity index (χ2v) is 4.96. The lowest BCUT2D eigenvalue weighted by Crippen LogP contribution is -2.14. The van der Waals surface area contributed by atoms with Crippen LogP contribution in [0.5, 0.6) is 0 Å². The standard InChI is InChI=1S/C13H18N4O2S/c1-2-19-7-13-16-11(14)5-12(17-13)15-6-10(18)9-3-4-20-8-9/h3-5,8,10,18H,2,6-7H2,1H3,(H3,14,15,16,17). The van der Waals surface area contributed by atoms with Crippen LogP contribution in [0, 0.1) is 0 Å². The number of ether oxygens (including phenoxy) is 1. The van der Waals surface area contributed by atoms with E-state index in [9.17, 15) is 5.11 Å². The van der Waals surface area contributed by atoms with Crippen LogP contribution < -0.4 is 11.1 Å². The van der Waals surface area contributed by atoms with Crippen molar-refractivity contribution in [3.05, 3.63) is 34.3 Å². The monoisotopic (exact) mass is 294 g/mol. The molecule has 4 N–H and O–H groups in total. The highest BCUT2D eigenvalue weighted by Gasteiger charge is 2.09. The molecule has 0 aliphatic carbocycles. The number of aliphatic hydroxyl groups is 1. The summed E-state index contributed by atoms with van der Waals surface area (Å²) in [5.74, 6) is 1.49. The van der Waals surface area contributed by atoms with Crippen LogP contribution in [-0.2, 0) is 11.3 Å². The van der Waals surface area contributed by atoms with E-state index in [-0.39, 0.29) is 0 Å². The fourth-order valence-electron chi connectivity index (χ4n) is 1.65. The highest BCUT2D eigenvalue weighted by molar-refractivity contribution is 7.07. The maximum absolute atomic E-state index is 10.00. The quantitative estimate of drug-likeness (QED) is 0.721. The Hall–Kier alpha value is -1.70. The molecular formula is C13H18N4O2S. The van der Waals surface area contributed by atoms with Crippen molar-refractivity contribution in [3.63, 3.8) is 0 Å². The Morgan fingerprint density at radius 3 is 3.05 bits per heavy atom. The summed E-state index contributed by atoms with van der Waals surface area (Å²) < 4.78 is 5.26. The Bertz CT molecular complexity index is 533. The molecule has 0 aromatic carbocycles. The minimum Gasteiger partial charge on any atom is -0.387 e. The lowest BCUT2D eigenvalue weighted by atomic mass is 10.2. The van der Waals surface area contributed by atoms with Crippen LogP contribution in [0.1, 0.15) is 24.4 Å². The molecule has 6 nitrogen and oxygen atoms in total. The molecule has 0 amide bonds. The maximum atomic E-state index is 10.00. The van der Waals surface area contributed by atoms with Gasteiger partial charge >= 0.3 is 0 Å². The highest BCUT2D eigenvalue weighted by Crippen LogP contribution is 2.17. The van der Waals surface area contributed by atoms with Crippen LogP contribution in [0.25, 0.3) is 0 Å². The molecule has 7 heteroatoms. The van der Waals surface area contributed by atoms with Gasteiger partial charge in [0.1, 0.15) is 18.2 Å². The van der Waals surface area contributed by atoms with E-state index in [1.165, 1.54) is 0 Å². The molecule has 0 fully saturated rings. The van der Waals surface area contributed by atoms with Crippen LogP contribution in [0.3, 0.4) is 0 Å². The Labute approximate surface area is 121 Å². The predicted molar refractivity (Wildman–Crippen MR) is 79.5 cm³/mol. The van der Waals surface area contributed by atoms with Crippen molar-refractivity contribution >= 4 is 23.0 Å². The molecular weight excluding hydrogens is 276 g/mol. The molecule has 1 atom stereocenters. The van der Waals surface area contributed by atoms with E-state index in [0.29, 0.717) is 37.2 Å². The number of aliphatic hydroxyl groups excluding tert-OH is 1. The average Bonchev–Trinajstić information content (AvgIpc) is 2.96. The Morgan fingerprint density at radius 2 is 2.35 bits per heavy atom. The number of anilines is 2. The summed E-state index contributed by atoms with van der Waals surface area (Å²) >= 11 is 1.55. The van der Waals surface area contributed by atoms with Gasteiger partial charge in [0.15, 0.2) is 5.82 Å². The van der Waals surface area contributed by atoms with Crippen molar-refractivity contribution in [1.29, 1.82) is 0 Å². The third-order valence-corrected chi connectivity index (χ3v) is 3.33. The molecule has 0 saturated carbocycles. The number of nitrogens with two attached hydrogens (primary N) is 1. The van der Waals surface area contributed by atoms with Crippen molar-refractivity contribution in [2.75, 3.05) is 24.2 Å².